The number of nitrogen functional groups attached to an aromatic ring is 1. The van der Waals surface area contributed by atoms with Crippen molar-refractivity contribution in [1.82, 2.24) is 20.1 Å². The molecule has 0 bridgehead atoms. The summed E-state index contributed by atoms with van der Waals surface area (Å²) in [5, 5.41) is 6.74. The fourth-order valence-corrected chi connectivity index (χ4v) is 1.03. The Morgan fingerprint density at radius 1 is 1.27 bits per heavy atom. The van der Waals surface area contributed by atoms with Crippen LogP contribution in [0.5, 0.6) is 0 Å². The van der Waals surface area contributed by atoms with Crippen LogP contribution in [0.2, 0.25) is 0 Å². The highest BCUT2D eigenvalue weighted by molar-refractivity contribution is 5.35. The average molecular weight is 206 g/mol. The fraction of sp³-hybridized carbons (Fsp3) is 0.250. The van der Waals surface area contributed by atoms with E-state index in [2.05, 4.69) is 29.9 Å². The number of nitrogens with one attached hydrogen (secondary N) is 1. The van der Waals surface area contributed by atoms with Gasteiger partial charge in [0.2, 0.25) is 6.39 Å². The van der Waals surface area contributed by atoms with Crippen LogP contribution in [0, 0.1) is 0 Å². The summed E-state index contributed by atoms with van der Waals surface area (Å²) in [7, 11) is 0. The molecule has 0 aliphatic carbocycles. The van der Waals surface area contributed by atoms with Crippen molar-refractivity contribution in [3.63, 3.8) is 0 Å². The van der Waals surface area contributed by atoms with E-state index in [0.29, 0.717) is 30.4 Å². The second-order valence-corrected chi connectivity index (χ2v) is 2.85. The van der Waals surface area contributed by atoms with Gasteiger partial charge in [0.25, 0.3) is 0 Å². The van der Waals surface area contributed by atoms with Crippen molar-refractivity contribution in [2.45, 2.75) is 6.42 Å². The van der Waals surface area contributed by atoms with Crippen molar-refractivity contribution in [3.05, 3.63) is 24.6 Å². The molecule has 0 unspecified atom stereocenters. The van der Waals surface area contributed by atoms with E-state index < -0.39 is 0 Å². The van der Waals surface area contributed by atoms with Gasteiger partial charge in [-0.1, -0.05) is 5.16 Å². The molecule has 15 heavy (non-hydrogen) atoms. The van der Waals surface area contributed by atoms with Crippen LogP contribution in [0.4, 0.5) is 11.6 Å². The molecule has 0 fully saturated rings. The van der Waals surface area contributed by atoms with E-state index in [-0.39, 0.29) is 0 Å². The van der Waals surface area contributed by atoms with Crippen LogP contribution >= 0.6 is 0 Å². The highest BCUT2D eigenvalue weighted by Crippen LogP contribution is 2.01. The van der Waals surface area contributed by atoms with Crippen LogP contribution < -0.4 is 11.1 Å². The fourth-order valence-electron chi connectivity index (χ4n) is 1.03. The maximum absolute atomic E-state index is 5.40. The van der Waals surface area contributed by atoms with Crippen molar-refractivity contribution < 1.29 is 4.52 Å². The van der Waals surface area contributed by atoms with Gasteiger partial charge in [0, 0.05) is 13.0 Å². The number of hydrogen-bond donors (Lipinski definition) is 2. The summed E-state index contributed by atoms with van der Waals surface area (Å²) in [6.07, 6.45) is 5.04. The third-order valence-corrected chi connectivity index (χ3v) is 1.73. The van der Waals surface area contributed by atoms with Gasteiger partial charge in [-0.3, -0.25) is 0 Å². The Labute approximate surface area is 85.7 Å². The summed E-state index contributed by atoms with van der Waals surface area (Å²) in [5.74, 6) is 1.73. The number of aromatic nitrogens is 4. The highest BCUT2D eigenvalue weighted by atomic mass is 16.5. The Balaban J connectivity index is 1.81. The van der Waals surface area contributed by atoms with E-state index in [4.69, 9.17) is 5.73 Å². The average Bonchev–Trinajstić information content (AvgIpc) is 2.74. The Morgan fingerprint density at radius 3 is 2.87 bits per heavy atom. The molecule has 2 aromatic heterocycles. The molecule has 0 radical (unpaired) electrons. The summed E-state index contributed by atoms with van der Waals surface area (Å²) in [5.41, 5.74) is 5.40. The van der Waals surface area contributed by atoms with Gasteiger partial charge in [0.15, 0.2) is 5.82 Å². The molecule has 0 saturated heterocycles. The van der Waals surface area contributed by atoms with Crippen molar-refractivity contribution >= 4 is 11.6 Å². The van der Waals surface area contributed by atoms with E-state index in [1.54, 1.807) is 6.20 Å². The van der Waals surface area contributed by atoms with E-state index in [1.165, 1.54) is 12.6 Å². The van der Waals surface area contributed by atoms with Gasteiger partial charge >= 0.3 is 0 Å². The first-order valence-electron chi connectivity index (χ1n) is 4.41. The quantitative estimate of drug-likeness (QED) is 0.730. The Bertz CT molecular complexity index is 398. The normalized spacial score (nSPS) is 10.1. The number of rotatable bonds is 4. The number of hydrogen-bond acceptors (Lipinski definition) is 7. The Hall–Kier alpha value is -2.18. The number of anilines is 2. The van der Waals surface area contributed by atoms with E-state index in [1.807, 2.05) is 0 Å². The first kappa shape index (κ1) is 9.38. The van der Waals surface area contributed by atoms with Gasteiger partial charge in [-0.2, -0.15) is 4.98 Å². The van der Waals surface area contributed by atoms with Crippen LogP contribution in [-0.4, -0.2) is 26.7 Å². The van der Waals surface area contributed by atoms with Gasteiger partial charge in [-0.25, -0.2) is 9.97 Å². The summed E-state index contributed by atoms with van der Waals surface area (Å²) >= 11 is 0. The second kappa shape index (κ2) is 4.36. The lowest BCUT2D eigenvalue weighted by Crippen LogP contribution is -2.07. The lowest BCUT2D eigenvalue weighted by atomic mass is 10.4. The highest BCUT2D eigenvalue weighted by Gasteiger charge is 1.98. The molecule has 0 saturated carbocycles. The van der Waals surface area contributed by atoms with Gasteiger partial charge in [-0.05, 0) is 0 Å². The van der Waals surface area contributed by atoms with Crippen LogP contribution in [0.3, 0.4) is 0 Å². The van der Waals surface area contributed by atoms with Crippen LogP contribution in [0.15, 0.2) is 23.3 Å². The first-order chi connectivity index (χ1) is 7.34. The van der Waals surface area contributed by atoms with Crippen LogP contribution in [0.25, 0.3) is 0 Å². The van der Waals surface area contributed by atoms with Crippen molar-refractivity contribution in [1.29, 1.82) is 0 Å². The van der Waals surface area contributed by atoms with Gasteiger partial charge in [0.05, 0.1) is 12.4 Å². The molecule has 7 heteroatoms. The molecule has 0 amide bonds. The molecule has 3 N–H and O–H groups in total. The number of nitrogens with zero attached hydrogens (tertiary/aromatic N) is 4. The molecule has 78 valence electrons. The first-order valence-corrected chi connectivity index (χ1v) is 4.41. The van der Waals surface area contributed by atoms with Crippen LogP contribution in [0.1, 0.15) is 5.82 Å². The second-order valence-electron chi connectivity index (χ2n) is 2.85. The molecule has 0 atom stereocenters. The van der Waals surface area contributed by atoms with E-state index in [0.717, 1.165) is 0 Å². The summed E-state index contributed by atoms with van der Waals surface area (Å²) in [6.45, 7) is 0.665. The minimum absolute atomic E-state index is 0.402. The van der Waals surface area contributed by atoms with Gasteiger partial charge in [0.1, 0.15) is 11.6 Å². The zero-order valence-corrected chi connectivity index (χ0v) is 7.92. The maximum atomic E-state index is 5.40. The number of nitrogens with two attached hydrogens (primary N) is 1. The lowest BCUT2D eigenvalue weighted by molar-refractivity contribution is 0.410. The Morgan fingerprint density at radius 2 is 2.20 bits per heavy atom. The lowest BCUT2D eigenvalue weighted by Gasteiger charge is -2.02. The third kappa shape index (κ3) is 2.63. The topological polar surface area (TPSA) is 103 Å². The monoisotopic (exact) mass is 206 g/mol. The molecule has 0 spiro atoms. The zero-order chi connectivity index (χ0) is 10.5. The molecule has 2 heterocycles. The van der Waals surface area contributed by atoms with E-state index >= 15 is 0 Å². The molecule has 0 aromatic carbocycles. The third-order valence-electron chi connectivity index (χ3n) is 1.73. The van der Waals surface area contributed by atoms with Gasteiger partial charge < -0.3 is 15.6 Å². The zero-order valence-electron chi connectivity index (χ0n) is 7.92. The SMILES string of the molecule is Nc1cnc(NCCc2ncon2)cn1. The predicted octanol–water partition coefficient (Wildman–Crippen LogP) is 0.0964. The smallest absolute Gasteiger partial charge is 0.213 e. The van der Waals surface area contributed by atoms with Crippen molar-refractivity contribution in [3.8, 4) is 0 Å². The summed E-state index contributed by atoms with van der Waals surface area (Å²) in [6, 6.07) is 0. The van der Waals surface area contributed by atoms with E-state index in [9.17, 15) is 0 Å². The van der Waals surface area contributed by atoms with Crippen LogP contribution in [-0.2, 0) is 6.42 Å². The molecule has 0 aliphatic heterocycles. The predicted molar refractivity (Wildman–Crippen MR) is 52.9 cm³/mol. The molecular formula is C8H10N6O. The maximum Gasteiger partial charge on any atom is 0.213 e. The van der Waals surface area contributed by atoms with Crippen molar-refractivity contribution in [2.24, 2.45) is 0 Å². The summed E-state index contributed by atoms with van der Waals surface area (Å²) < 4.78 is 4.60. The minimum atomic E-state index is 0.402. The largest absolute Gasteiger partial charge is 0.382 e. The Kier molecular flexibility index (Phi) is 2.72. The molecule has 2 rings (SSSR count). The minimum Gasteiger partial charge on any atom is -0.382 e. The molecule has 2 aromatic rings. The van der Waals surface area contributed by atoms with Gasteiger partial charge in [-0.15, -0.1) is 0 Å². The molecular weight excluding hydrogens is 196 g/mol. The molecule has 7 nitrogen and oxygen atoms in total. The standard InChI is InChI=1S/C8H10N6O/c9-6-3-12-8(4-11-6)10-2-1-7-13-5-15-14-7/h3-5H,1-2H2,(H2,9,11)(H,10,12). The molecule has 0 aliphatic rings. The van der Waals surface area contributed by atoms with Crippen molar-refractivity contribution in [2.75, 3.05) is 17.6 Å². The summed E-state index contributed by atoms with van der Waals surface area (Å²) in [4.78, 5) is 11.8.